The maximum Gasteiger partial charge on any atom is 0.262 e. The smallest absolute Gasteiger partial charge is 0.262 e. The summed E-state index contributed by atoms with van der Waals surface area (Å²) in [7, 11) is 1.60. The number of hydrogen-bond acceptors (Lipinski definition) is 4. The van der Waals surface area contributed by atoms with Crippen molar-refractivity contribution in [2.45, 2.75) is 13.1 Å². The van der Waals surface area contributed by atoms with E-state index in [1.807, 2.05) is 61.5 Å². The van der Waals surface area contributed by atoms with Crippen LogP contribution >= 0.6 is 11.6 Å². The van der Waals surface area contributed by atoms with Crippen LogP contribution in [0.2, 0.25) is 5.02 Å². The Kier molecular flexibility index (Phi) is 5.32. The lowest BCUT2D eigenvalue weighted by atomic mass is 10.0. The number of methoxy groups -OCH3 is 1. The van der Waals surface area contributed by atoms with E-state index in [0.29, 0.717) is 28.7 Å². The standard InChI is InChI=1S/C23H21ClN2O3/c1-3-29-20-13-8-15(14-21(20)28-2)22-25-19-7-5-4-6-18(19)23(27)26(22)17-11-9-16(24)10-12-17/h4-14,22,25H,3H2,1-2H3. The molecular weight excluding hydrogens is 388 g/mol. The molecule has 0 radical (unpaired) electrons. The number of carbonyl (C=O) groups excluding carboxylic acids is 1. The quantitative estimate of drug-likeness (QED) is 0.604. The van der Waals surface area contributed by atoms with E-state index in [2.05, 4.69) is 5.32 Å². The average Bonchev–Trinajstić information content (AvgIpc) is 2.75. The van der Waals surface area contributed by atoms with Gasteiger partial charge < -0.3 is 14.8 Å². The summed E-state index contributed by atoms with van der Waals surface area (Å²) in [4.78, 5) is 15.1. The van der Waals surface area contributed by atoms with Gasteiger partial charge in [0.2, 0.25) is 0 Å². The number of para-hydroxylation sites is 1. The molecule has 6 heteroatoms. The minimum atomic E-state index is -0.414. The highest BCUT2D eigenvalue weighted by atomic mass is 35.5. The Morgan fingerprint density at radius 3 is 2.52 bits per heavy atom. The van der Waals surface area contributed by atoms with Gasteiger partial charge >= 0.3 is 0 Å². The first-order valence-electron chi connectivity index (χ1n) is 9.37. The number of halogens is 1. The fourth-order valence-corrected chi connectivity index (χ4v) is 3.61. The Hall–Kier alpha value is -3.18. The van der Waals surface area contributed by atoms with E-state index in [4.69, 9.17) is 21.1 Å². The molecule has 0 bridgehead atoms. The van der Waals surface area contributed by atoms with Gasteiger partial charge in [0.05, 0.1) is 19.3 Å². The van der Waals surface area contributed by atoms with Gasteiger partial charge in [0.25, 0.3) is 5.91 Å². The first-order valence-corrected chi connectivity index (χ1v) is 9.75. The monoisotopic (exact) mass is 408 g/mol. The Morgan fingerprint density at radius 1 is 1.03 bits per heavy atom. The molecule has 0 aromatic heterocycles. The van der Waals surface area contributed by atoms with Gasteiger partial charge in [0, 0.05) is 16.4 Å². The van der Waals surface area contributed by atoms with E-state index in [-0.39, 0.29) is 5.91 Å². The van der Waals surface area contributed by atoms with E-state index in [0.717, 1.165) is 16.9 Å². The van der Waals surface area contributed by atoms with Crippen molar-refractivity contribution in [1.29, 1.82) is 0 Å². The molecule has 1 aliphatic rings. The normalized spacial score (nSPS) is 15.5. The van der Waals surface area contributed by atoms with Crippen LogP contribution in [0.1, 0.15) is 29.0 Å². The van der Waals surface area contributed by atoms with Crippen molar-refractivity contribution in [2.24, 2.45) is 0 Å². The zero-order chi connectivity index (χ0) is 20.4. The maximum absolute atomic E-state index is 13.4. The molecule has 5 nitrogen and oxygen atoms in total. The van der Waals surface area contributed by atoms with Gasteiger partial charge in [-0.05, 0) is 61.0 Å². The van der Waals surface area contributed by atoms with Crippen LogP contribution in [0.3, 0.4) is 0 Å². The van der Waals surface area contributed by atoms with Crippen molar-refractivity contribution < 1.29 is 14.3 Å². The Bertz CT molecular complexity index is 1040. The summed E-state index contributed by atoms with van der Waals surface area (Å²) < 4.78 is 11.1. The third kappa shape index (κ3) is 3.61. The van der Waals surface area contributed by atoms with Crippen molar-refractivity contribution in [2.75, 3.05) is 23.9 Å². The predicted octanol–water partition coefficient (Wildman–Crippen LogP) is 5.52. The molecule has 0 saturated carbocycles. The highest BCUT2D eigenvalue weighted by Crippen LogP contribution is 2.39. The second-order valence-electron chi connectivity index (χ2n) is 6.59. The van der Waals surface area contributed by atoms with E-state index < -0.39 is 6.17 Å². The average molecular weight is 409 g/mol. The molecule has 3 aromatic carbocycles. The molecular formula is C23H21ClN2O3. The van der Waals surface area contributed by atoms with Crippen LogP contribution in [0, 0.1) is 0 Å². The van der Waals surface area contributed by atoms with Crippen LogP contribution in [-0.4, -0.2) is 19.6 Å². The van der Waals surface area contributed by atoms with E-state index in [1.54, 1.807) is 24.1 Å². The second kappa shape index (κ2) is 8.05. The number of rotatable bonds is 5. The number of amides is 1. The molecule has 29 heavy (non-hydrogen) atoms. The number of anilines is 2. The SMILES string of the molecule is CCOc1ccc(C2Nc3ccccc3C(=O)N2c2ccc(Cl)cc2)cc1OC. The number of nitrogens with zero attached hydrogens (tertiary/aromatic N) is 1. The highest BCUT2D eigenvalue weighted by Gasteiger charge is 2.34. The summed E-state index contributed by atoms with van der Waals surface area (Å²) in [6, 6.07) is 20.4. The minimum Gasteiger partial charge on any atom is -0.493 e. The van der Waals surface area contributed by atoms with Gasteiger partial charge in [-0.3, -0.25) is 9.69 Å². The molecule has 1 unspecified atom stereocenters. The van der Waals surface area contributed by atoms with Crippen molar-refractivity contribution in [3.8, 4) is 11.5 Å². The van der Waals surface area contributed by atoms with Crippen LogP contribution in [0.25, 0.3) is 0 Å². The molecule has 3 aromatic rings. The molecule has 0 aliphatic carbocycles. The Morgan fingerprint density at radius 2 is 1.79 bits per heavy atom. The number of benzene rings is 3. The van der Waals surface area contributed by atoms with Gasteiger partial charge in [0.15, 0.2) is 11.5 Å². The lowest BCUT2D eigenvalue weighted by Gasteiger charge is -2.38. The van der Waals surface area contributed by atoms with E-state index in [1.165, 1.54) is 0 Å². The number of hydrogen-bond donors (Lipinski definition) is 1. The van der Waals surface area contributed by atoms with Crippen molar-refractivity contribution >= 4 is 28.9 Å². The molecule has 1 aliphatic heterocycles. The first-order chi connectivity index (χ1) is 14.1. The van der Waals surface area contributed by atoms with E-state index in [9.17, 15) is 4.79 Å². The van der Waals surface area contributed by atoms with Gasteiger partial charge in [-0.1, -0.05) is 29.8 Å². The molecule has 1 heterocycles. The Labute approximate surface area is 174 Å². The van der Waals surface area contributed by atoms with Gasteiger partial charge in [-0.2, -0.15) is 0 Å². The zero-order valence-electron chi connectivity index (χ0n) is 16.2. The van der Waals surface area contributed by atoms with Crippen molar-refractivity contribution in [3.05, 3.63) is 82.9 Å². The molecule has 0 saturated heterocycles. The second-order valence-corrected chi connectivity index (χ2v) is 7.02. The predicted molar refractivity (Wildman–Crippen MR) is 115 cm³/mol. The third-order valence-corrected chi connectivity index (χ3v) is 5.09. The summed E-state index contributed by atoms with van der Waals surface area (Å²) in [6.45, 7) is 2.47. The summed E-state index contributed by atoms with van der Waals surface area (Å²) in [5, 5.41) is 4.10. The molecule has 148 valence electrons. The van der Waals surface area contributed by atoms with Gasteiger partial charge in [0.1, 0.15) is 6.17 Å². The molecule has 4 rings (SSSR count). The lowest BCUT2D eigenvalue weighted by molar-refractivity contribution is 0.0975. The number of fused-ring (bicyclic) bond motifs is 1. The lowest BCUT2D eigenvalue weighted by Crippen LogP contribution is -2.43. The molecule has 1 N–H and O–H groups in total. The molecule has 0 spiro atoms. The fourth-order valence-electron chi connectivity index (χ4n) is 3.48. The topological polar surface area (TPSA) is 50.8 Å². The van der Waals surface area contributed by atoms with Crippen LogP contribution in [-0.2, 0) is 0 Å². The van der Waals surface area contributed by atoms with Crippen LogP contribution in [0.5, 0.6) is 11.5 Å². The number of ether oxygens (including phenoxy) is 2. The number of carbonyl (C=O) groups is 1. The maximum atomic E-state index is 13.4. The Balaban J connectivity index is 1.82. The first kappa shape index (κ1) is 19.2. The molecule has 1 atom stereocenters. The summed E-state index contributed by atoms with van der Waals surface area (Å²) >= 11 is 6.06. The fraction of sp³-hybridized carbons (Fsp3) is 0.174. The largest absolute Gasteiger partial charge is 0.493 e. The number of nitrogens with one attached hydrogen (secondary N) is 1. The summed E-state index contributed by atoms with van der Waals surface area (Å²) in [5.41, 5.74) is 3.04. The van der Waals surface area contributed by atoms with Crippen molar-refractivity contribution in [3.63, 3.8) is 0 Å². The third-order valence-electron chi connectivity index (χ3n) is 4.83. The summed E-state index contributed by atoms with van der Waals surface area (Å²) in [5.74, 6) is 1.20. The minimum absolute atomic E-state index is 0.0838. The van der Waals surface area contributed by atoms with Crippen LogP contribution < -0.4 is 19.7 Å². The van der Waals surface area contributed by atoms with Gasteiger partial charge in [-0.25, -0.2) is 0 Å². The van der Waals surface area contributed by atoms with Gasteiger partial charge in [-0.15, -0.1) is 0 Å². The highest BCUT2D eigenvalue weighted by molar-refractivity contribution is 6.30. The van der Waals surface area contributed by atoms with Crippen molar-refractivity contribution in [1.82, 2.24) is 0 Å². The molecule has 1 amide bonds. The molecule has 0 fully saturated rings. The zero-order valence-corrected chi connectivity index (χ0v) is 16.9. The summed E-state index contributed by atoms with van der Waals surface area (Å²) in [6.07, 6.45) is -0.414. The van der Waals surface area contributed by atoms with E-state index >= 15 is 0 Å². The van der Waals surface area contributed by atoms with Crippen LogP contribution in [0.15, 0.2) is 66.7 Å². The van der Waals surface area contributed by atoms with Crippen LogP contribution in [0.4, 0.5) is 11.4 Å².